The van der Waals surface area contributed by atoms with Crippen LogP contribution in [-0.4, -0.2) is 127 Å². The van der Waals surface area contributed by atoms with E-state index in [9.17, 15) is 0 Å². The quantitative estimate of drug-likeness (QED) is 0.124. The molecule has 0 aliphatic heterocycles. The molecule has 0 aromatic carbocycles. The van der Waals surface area contributed by atoms with E-state index in [1.165, 1.54) is 0 Å². The molecule has 0 unspecified atom stereocenters. The largest absolute Gasteiger partial charge is 1.00 e. The maximum absolute atomic E-state index is 8.25. The molecule has 0 heterocycles. The van der Waals surface area contributed by atoms with Crippen molar-refractivity contribution < 1.29 is 554 Å². The van der Waals surface area contributed by atoms with Crippen LogP contribution in [0.5, 0.6) is 0 Å². The minimum atomic E-state index is -1.75. The maximum Gasteiger partial charge on any atom is 1.00 e. The van der Waals surface area contributed by atoms with E-state index < -0.39 is 127 Å². The fourth-order valence-corrected chi connectivity index (χ4v) is 0. The van der Waals surface area contributed by atoms with Gasteiger partial charge in [-0.1, -0.05) is 0 Å². The van der Waals surface area contributed by atoms with Crippen LogP contribution in [0.2, 0.25) is 0 Å². The Hall–Kier alpha value is -7.01. The van der Waals surface area contributed by atoms with Gasteiger partial charge in [-0.25, -0.2) is 0 Å². The molecule has 0 saturated heterocycles. The molecule has 0 spiro atoms. The van der Waals surface area contributed by atoms with Crippen molar-refractivity contribution in [2.24, 2.45) is 0 Å². The minimum Gasteiger partial charge on any atom is -0.356 e. The first-order chi connectivity index (χ1) is 43.3. The predicted octanol–water partition coefficient (Wildman–Crippen LogP) is -6.04. The van der Waals surface area contributed by atoms with Gasteiger partial charge in [0.05, 0.1) is 127 Å². The van der Waals surface area contributed by atoms with Crippen LogP contribution < -0.4 is 0 Å². The molecule has 0 aliphatic rings. The zero-order valence-electron chi connectivity index (χ0n) is 49.3. The Balaban J connectivity index is -0.00000000968. The summed E-state index contributed by atoms with van der Waals surface area (Å²) in [7, 11) is 0. The Morgan fingerprint density at radius 2 is 0.0640 bits per heavy atom. The summed E-state index contributed by atoms with van der Waals surface area (Å²) in [5.74, 6) is 0. The predicted molar refractivity (Wildman–Crippen MR) is 259 cm³/mol. The number of rotatable bonds is 0. The van der Waals surface area contributed by atoms with Crippen molar-refractivity contribution in [2.75, 3.05) is 0 Å². The van der Waals surface area contributed by atoms with Gasteiger partial charge in [0.1, 0.15) is 0 Å². The van der Waals surface area contributed by atoms with Gasteiger partial charge >= 0.3 is 410 Å². The summed E-state index contributed by atoms with van der Waals surface area (Å²) >= 11 is 0. The summed E-state index contributed by atoms with van der Waals surface area (Å²) in [5, 5.41) is 369. The van der Waals surface area contributed by atoms with Gasteiger partial charge in [0.25, 0.3) is 0 Å². The molecule has 0 N–H and O–H groups in total. The van der Waals surface area contributed by atoms with E-state index in [0.717, 1.165) is 0 Å². The van der Waals surface area contributed by atoms with E-state index in [4.69, 9.17) is 383 Å². The third-order valence-electron chi connectivity index (χ3n) is 0. The van der Waals surface area contributed by atoms with Crippen LogP contribution in [0, 0.1) is 383 Å². The normalized spacial score (nSPS) is 4.80. The van der Waals surface area contributed by atoms with Gasteiger partial charge in [-0.05, 0) is 0 Å². The molecule has 0 amide bonds. The van der Waals surface area contributed by atoms with Crippen LogP contribution in [0.25, 0.3) is 0 Å². The van der Waals surface area contributed by atoms with Gasteiger partial charge in [-0.2, -0.15) is 0 Å². The van der Waals surface area contributed by atoms with E-state index in [-0.39, 0.29) is 427 Å². The molecule has 125 heteroatoms. The second-order valence-electron chi connectivity index (χ2n) is 5.59. The molecular weight excluding hydrogens is 3140 g/mol. The SMILES string of the molecule is O=[N+]([O-])[O-].O=[N+]([O-])[O-].O=[N+]([O-])[O-].O=[N+]([O-])[O-].O=[N+]([O-])[O-].O=[N+]([O-])[O-].O=[N+]([O-])[O-].O=[N+]([O-])[O-].O=[N+]([O-])[O-].O=[N+]([O-])[O-].O=[N+]([O-])[O-].O=[N+]([O-])[O-].O=[N+]([O-])[O-].O=[N+]([O-])[O-].O=[N+]([O-])[O-].O=[N+]([O-])[O-].O=[N+]([O-])[O-].O=[N+]([O-])[O-].O=[N+]([O-])[O-].O=[N+]([O-])[O-].O=[N+]([O-])[O-].O=[N+]([O-])[O-].O=[N+]([O-])[O-].O=[N+]([O-])[O-].O=[N+]([O-])[O-].[Cu+].[Cu+].[Cu+].[Cu+].[Cu+].[Cu+].[Cu+].[Cu+].[Cu+].[Cu+].[Cu+].[Cu+].[Cu+].[Cu+].[Cu+].[Cu+].[Cu+].[Cu+].[Cu+].[Cu+].[Cu+].[Cu+].[Cu+].[Cu+].[Cu]. The van der Waals surface area contributed by atoms with E-state index in [1.54, 1.807) is 0 Å². The van der Waals surface area contributed by atoms with Crippen LogP contribution in [0.3, 0.4) is 0 Å². The Labute approximate surface area is 926 Å². The molecule has 100 nitrogen and oxygen atoms in total. The van der Waals surface area contributed by atoms with Crippen LogP contribution in [-0.2, 0) is 427 Å². The Morgan fingerprint density at radius 1 is 0.0640 bits per heavy atom. The van der Waals surface area contributed by atoms with Gasteiger partial charge in [-0.15, -0.1) is 0 Å². The molecule has 0 fully saturated rings. The first kappa shape index (κ1) is 349. The molecule has 0 saturated carbocycles. The Bertz CT molecular complexity index is 1440. The first-order valence-electron chi connectivity index (χ1n) is 13.7. The van der Waals surface area contributed by atoms with Crippen LogP contribution in [0.15, 0.2) is 0 Å². The van der Waals surface area contributed by atoms with E-state index in [0.29, 0.717) is 0 Å². The van der Waals surface area contributed by atoms with E-state index >= 15 is 0 Å². The van der Waals surface area contributed by atoms with Crippen LogP contribution in [0.4, 0.5) is 0 Å². The number of hydrogen-bond acceptors (Lipinski definition) is 75. The first-order valence-corrected chi connectivity index (χ1v) is 13.7. The number of hydrogen-bond donors (Lipinski definition) is 0. The fourth-order valence-electron chi connectivity index (χ4n) is 0. The monoisotopic (exact) mass is 3120 g/mol. The van der Waals surface area contributed by atoms with Crippen molar-refractivity contribution in [3.8, 4) is 0 Å². The van der Waals surface area contributed by atoms with E-state index in [2.05, 4.69) is 0 Å². The van der Waals surface area contributed by atoms with E-state index in [1.807, 2.05) is 0 Å². The summed E-state index contributed by atoms with van der Waals surface area (Å²) in [6, 6.07) is 0. The molecule has 1 radical (unpaired) electrons. The van der Waals surface area contributed by atoms with Gasteiger partial charge in [0.2, 0.25) is 0 Å². The van der Waals surface area contributed by atoms with Crippen molar-refractivity contribution in [1.29, 1.82) is 0 Å². The summed E-state index contributed by atoms with van der Waals surface area (Å²) in [4.78, 5) is 206. The number of nitrogens with zero attached hydrogens (tertiary/aromatic N) is 25. The van der Waals surface area contributed by atoms with Crippen LogP contribution in [0.1, 0.15) is 0 Å². The third kappa shape index (κ3) is 31500. The van der Waals surface area contributed by atoms with Crippen molar-refractivity contribution in [3.63, 3.8) is 0 Å². The smallest absolute Gasteiger partial charge is 0.356 e. The van der Waals surface area contributed by atoms with Crippen molar-refractivity contribution in [1.82, 2.24) is 0 Å². The maximum atomic E-state index is 8.25. The standard InChI is InChI=1S/25Cu.25NO3/c;;;;;;;;;;;;;;;;;;;;;;;;;25*2-1(3)4/q;24*+1;25*-1. The van der Waals surface area contributed by atoms with Gasteiger partial charge < -0.3 is 383 Å². The van der Waals surface area contributed by atoms with Crippen molar-refractivity contribution in [2.45, 2.75) is 0 Å². The van der Waals surface area contributed by atoms with Gasteiger partial charge in [0.15, 0.2) is 0 Å². The molecule has 851 valence electrons. The second-order valence-corrected chi connectivity index (χ2v) is 5.59. The van der Waals surface area contributed by atoms with Crippen LogP contribution >= 0.6 is 0 Å². The average Bonchev–Trinajstić information content (AvgIpc) is 3.15. The Morgan fingerprint density at radius 3 is 0.0640 bits per heavy atom. The summed E-state index contributed by atoms with van der Waals surface area (Å²) in [6.45, 7) is 0. The minimum absolute atomic E-state index is 0. The fraction of sp³-hybridized carbons (Fsp3) is 0. The van der Waals surface area contributed by atoms with Crippen molar-refractivity contribution in [3.05, 3.63) is 383 Å². The third-order valence-corrected chi connectivity index (χ3v) is 0. The van der Waals surface area contributed by atoms with Crippen molar-refractivity contribution >= 4 is 0 Å². The summed E-state index contributed by atoms with van der Waals surface area (Å²) in [5.41, 5.74) is 0. The molecule has 0 aromatic rings. The molecule has 0 aliphatic carbocycles. The molecule has 0 aromatic heterocycles. The zero-order chi connectivity index (χ0) is 89.4. The molecule has 0 bridgehead atoms. The summed E-state index contributed by atoms with van der Waals surface area (Å²) in [6.07, 6.45) is 0. The molecule has 0 atom stereocenters. The molecular formula is Cu25N25O75-. The zero-order valence-corrected chi connectivity index (χ0v) is 72.9. The molecule has 125 heavy (non-hydrogen) atoms. The average molecular weight is 3140 g/mol. The second kappa shape index (κ2) is 340. The van der Waals surface area contributed by atoms with Gasteiger partial charge in [-0.3, -0.25) is 0 Å². The molecule has 0 rings (SSSR count). The summed E-state index contributed by atoms with van der Waals surface area (Å²) < 4.78 is 0. The topological polar surface area (TPSA) is 1650 Å². The van der Waals surface area contributed by atoms with Gasteiger partial charge in [0, 0.05) is 17.1 Å². The Kier molecular flexibility index (Phi) is 952.